The van der Waals surface area contributed by atoms with Gasteiger partial charge in [0.1, 0.15) is 12.4 Å². The number of carbonyl (C=O) groups is 1. The molecule has 1 aliphatic rings. The van der Waals surface area contributed by atoms with Crippen molar-refractivity contribution in [1.29, 1.82) is 0 Å². The number of hydrogen-bond donors (Lipinski definition) is 2. The molecule has 1 saturated heterocycles. The zero-order valence-electron chi connectivity index (χ0n) is 17.1. The van der Waals surface area contributed by atoms with Crippen LogP contribution in [0, 0.1) is 0 Å². The molecule has 0 spiro atoms. The Balaban J connectivity index is 1.34. The van der Waals surface area contributed by atoms with Crippen LogP contribution in [0.4, 0.5) is 5.69 Å². The number of nitrogens with one attached hydrogen (secondary N) is 2. The van der Waals surface area contributed by atoms with Crippen molar-refractivity contribution in [3.63, 3.8) is 0 Å². The monoisotopic (exact) mass is 494 g/mol. The molecule has 0 aliphatic carbocycles. The van der Waals surface area contributed by atoms with Crippen LogP contribution in [0.25, 0.3) is 6.08 Å². The first-order valence-electron chi connectivity index (χ1n) is 10.1. The predicted octanol–water partition coefficient (Wildman–Crippen LogP) is 6.19. The summed E-state index contributed by atoms with van der Waals surface area (Å²) in [6.07, 6.45) is 2.91. The van der Waals surface area contributed by atoms with Gasteiger partial charge in [0.2, 0.25) is 0 Å². The van der Waals surface area contributed by atoms with Gasteiger partial charge in [0, 0.05) is 10.2 Å². The molecule has 2 N–H and O–H groups in total. The fourth-order valence-electron chi connectivity index (χ4n) is 3.11. The molecule has 0 unspecified atom stereocenters. The fourth-order valence-corrected chi connectivity index (χ4v) is 4.36. The zero-order chi connectivity index (χ0) is 21.6. The van der Waals surface area contributed by atoms with E-state index in [9.17, 15) is 4.79 Å². The maximum atomic E-state index is 12.4. The number of anilines is 1. The van der Waals surface area contributed by atoms with Gasteiger partial charge < -0.3 is 15.4 Å². The summed E-state index contributed by atoms with van der Waals surface area (Å²) in [5, 5.41) is 6.32. The molecule has 4 rings (SSSR count). The fraction of sp³-hybridized carbons (Fsp3) is 0.160. The van der Waals surface area contributed by atoms with E-state index >= 15 is 0 Å². The number of benzene rings is 3. The van der Waals surface area contributed by atoms with Gasteiger partial charge in [-0.1, -0.05) is 71.0 Å². The first-order valence-corrected chi connectivity index (χ1v) is 11.8. The van der Waals surface area contributed by atoms with Crippen LogP contribution in [0.5, 0.6) is 5.75 Å². The number of rotatable bonds is 7. The van der Waals surface area contributed by atoms with Crippen molar-refractivity contribution in [2.75, 3.05) is 5.32 Å². The summed E-state index contributed by atoms with van der Waals surface area (Å²) < 4.78 is 6.90. The standard InChI is InChI=1S/C25H23BrN2O2S/c1-2-17-5-11-21(12-6-17)27-25-28-24(29)23(31-25)15-18-7-13-22(14-8-18)30-16-19-3-9-20(26)10-4-19/h3-15,25,27H,2,16H2,1H3,(H,28,29)/b23-15-/t25-/m1/s1. The van der Waals surface area contributed by atoms with E-state index in [1.165, 1.54) is 17.3 Å². The van der Waals surface area contributed by atoms with Crippen molar-refractivity contribution in [3.05, 3.63) is 98.9 Å². The average molecular weight is 495 g/mol. The number of hydrogen-bond acceptors (Lipinski definition) is 4. The Morgan fingerprint density at radius 2 is 1.68 bits per heavy atom. The molecule has 0 bridgehead atoms. The Morgan fingerprint density at radius 1 is 1.00 bits per heavy atom. The van der Waals surface area contributed by atoms with Gasteiger partial charge in [0.15, 0.2) is 5.50 Å². The Morgan fingerprint density at radius 3 is 2.35 bits per heavy atom. The zero-order valence-corrected chi connectivity index (χ0v) is 19.5. The molecular weight excluding hydrogens is 472 g/mol. The van der Waals surface area contributed by atoms with Crippen LogP contribution in [0.2, 0.25) is 0 Å². The number of thioether (sulfide) groups is 1. The molecule has 0 aromatic heterocycles. The minimum Gasteiger partial charge on any atom is -0.489 e. The second-order valence-electron chi connectivity index (χ2n) is 7.16. The van der Waals surface area contributed by atoms with Gasteiger partial charge in [-0.25, -0.2) is 0 Å². The van der Waals surface area contributed by atoms with E-state index in [4.69, 9.17) is 4.74 Å². The highest BCUT2D eigenvalue weighted by Gasteiger charge is 2.27. The van der Waals surface area contributed by atoms with Crippen molar-refractivity contribution >= 4 is 45.4 Å². The second kappa shape index (κ2) is 10.1. The number of halogens is 1. The molecule has 1 amide bonds. The summed E-state index contributed by atoms with van der Waals surface area (Å²) in [5.74, 6) is 0.729. The molecule has 1 atom stereocenters. The van der Waals surface area contributed by atoms with Crippen LogP contribution in [-0.2, 0) is 17.8 Å². The third-order valence-electron chi connectivity index (χ3n) is 4.89. The summed E-state index contributed by atoms with van der Waals surface area (Å²) in [7, 11) is 0. The lowest BCUT2D eigenvalue weighted by Crippen LogP contribution is -2.30. The van der Waals surface area contributed by atoms with Gasteiger partial charge >= 0.3 is 0 Å². The summed E-state index contributed by atoms with van der Waals surface area (Å²) >= 11 is 4.92. The number of carbonyl (C=O) groups excluding carboxylic acids is 1. The first kappa shape index (κ1) is 21.5. The molecule has 1 aliphatic heterocycles. The minimum absolute atomic E-state index is 0.0664. The van der Waals surface area contributed by atoms with Crippen LogP contribution < -0.4 is 15.4 Å². The van der Waals surface area contributed by atoms with Crippen LogP contribution in [0.15, 0.2) is 82.2 Å². The van der Waals surface area contributed by atoms with E-state index < -0.39 is 0 Å². The molecule has 4 nitrogen and oxygen atoms in total. The Kier molecular flexibility index (Phi) is 6.99. The molecule has 0 radical (unpaired) electrons. The summed E-state index contributed by atoms with van der Waals surface area (Å²) in [6.45, 7) is 2.65. The molecule has 1 heterocycles. The van der Waals surface area contributed by atoms with Gasteiger partial charge in [-0.05, 0) is 65.6 Å². The van der Waals surface area contributed by atoms with Gasteiger partial charge in [-0.2, -0.15) is 0 Å². The maximum absolute atomic E-state index is 12.4. The molecule has 0 saturated carbocycles. The Labute approximate surface area is 195 Å². The van der Waals surface area contributed by atoms with Crippen molar-refractivity contribution in [3.8, 4) is 5.75 Å². The maximum Gasteiger partial charge on any atom is 0.260 e. The van der Waals surface area contributed by atoms with Crippen molar-refractivity contribution in [2.24, 2.45) is 0 Å². The largest absolute Gasteiger partial charge is 0.489 e. The topological polar surface area (TPSA) is 50.4 Å². The van der Waals surface area contributed by atoms with E-state index in [2.05, 4.69) is 45.6 Å². The third-order valence-corrected chi connectivity index (χ3v) is 6.44. The highest BCUT2D eigenvalue weighted by atomic mass is 79.9. The van der Waals surface area contributed by atoms with Crippen LogP contribution >= 0.6 is 27.7 Å². The molecule has 158 valence electrons. The Hall–Kier alpha value is -2.70. The van der Waals surface area contributed by atoms with E-state index in [1.807, 2.05) is 66.7 Å². The van der Waals surface area contributed by atoms with Crippen LogP contribution in [0.1, 0.15) is 23.6 Å². The highest BCUT2D eigenvalue weighted by Crippen LogP contribution is 2.30. The number of amides is 1. The molecular formula is C25H23BrN2O2S. The van der Waals surface area contributed by atoms with E-state index in [-0.39, 0.29) is 11.4 Å². The van der Waals surface area contributed by atoms with E-state index in [0.717, 1.165) is 33.5 Å². The van der Waals surface area contributed by atoms with Crippen LogP contribution in [-0.4, -0.2) is 11.4 Å². The minimum atomic E-state index is -0.181. The first-order chi connectivity index (χ1) is 15.1. The highest BCUT2D eigenvalue weighted by molar-refractivity contribution is 9.10. The van der Waals surface area contributed by atoms with Gasteiger partial charge in [-0.15, -0.1) is 0 Å². The van der Waals surface area contributed by atoms with E-state index in [1.54, 1.807) is 0 Å². The SMILES string of the molecule is CCc1ccc(N[C@@H]2NC(=O)/C(=C/c3ccc(OCc4ccc(Br)cc4)cc3)S2)cc1. The average Bonchev–Trinajstić information content (AvgIpc) is 3.13. The van der Waals surface area contributed by atoms with Gasteiger partial charge in [0.25, 0.3) is 5.91 Å². The quantitative estimate of drug-likeness (QED) is 0.384. The van der Waals surface area contributed by atoms with Gasteiger partial charge in [0.05, 0.1) is 4.91 Å². The van der Waals surface area contributed by atoms with Gasteiger partial charge in [-0.3, -0.25) is 4.79 Å². The van der Waals surface area contributed by atoms with Crippen molar-refractivity contribution < 1.29 is 9.53 Å². The molecule has 3 aromatic carbocycles. The smallest absolute Gasteiger partial charge is 0.260 e. The Bertz CT molecular complexity index is 1060. The summed E-state index contributed by atoms with van der Waals surface area (Å²) in [6, 6.07) is 24.1. The van der Waals surface area contributed by atoms with Crippen molar-refractivity contribution in [2.45, 2.75) is 25.4 Å². The third kappa shape index (κ3) is 5.93. The van der Waals surface area contributed by atoms with Crippen molar-refractivity contribution in [1.82, 2.24) is 5.32 Å². The van der Waals surface area contributed by atoms with Crippen LogP contribution in [0.3, 0.4) is 0 Å². The molecule has 31 heavy (non-hydrogen) atoms. The second-order valence-corrected chi connectivity index (χ2v) is 9.22. The number of ether oxygens (including phenoxy) is 1. The lowest BCUT2D eigenvalue weighted by atomic mass is 10.1. The molecule has 6 heteroatoms. The molecule has 1 fully saturated rings. The summed E-state index contributed by atoms with van der Waals surface area (Å²) in [5.41, 5.74) is 4.17. The van der Waals surface area contributed by atoms with E-state index in [0.29, 0.717) is 11.5 Å². The number of aryl methyl sites for hydroxylation is 1. The molecule has 3 aromatic rings. The normalized spacial score (nSPS) is 16.9. The predicted molar refractivity (Wildman–Crippen MR) is 132 cm³/mol. The summed E-state index contributed by atoms with van der Waals surface area (Å²) in [4.78, 5) is 13.0. The lowest BCUT2D eigenvalue weighted by Gasteiger charge is -2.12. The lowest BCUT2D eigenvalue weighted by molar-refractivity contribution is -0.116.